The highest BCUT2D eigenvalue weighted by Gasteiger charge is 2.18. The molecular weight excluding hydrogens is 235 g/mol. The molecule has 0 aliphatic carbocycles. The van der Waals surface area contributed by atoms with Gasteiger partial charge in [-0.25, -0.2) is 4.39 Å². The molecule has 0 spiro atoms. The standard InChI is InChI=1S/C18H33F/c1-7-10-15(5)17(9-3)13-18(14(4)8-2)12-11-16(6)19/h11-12,14-15,17H,7-10,13H2,1-6H3/b16-11+,18-12-. The molecule has 1 heteroatoms. The summed E-state index contributed by atoms with van der Waals surface area (Å²) in [6, 6.07) is 0. The largest absolute Gasteiger partial charge is 0.212 e. The van der Waals surface area contributed by atoms with E-state index in [1.807, 2.05) is 6.08 Å². The van der Waals surface area contributed by atoms with E-state index < -0.39 is 0 Å². The Bertz CT molecular complexity index is 284. The molecule has 0 aromatic carbocycles. The summed E-state index contributed by atoms with van der Waals surface area (Å²) < 4.78 is 12.9. The van der Waals surface area contributed by atoms with Gasteiger partial charge < -0.3 is 0 Å². The van der Waals surface area contributed by atoms with Gasteiger partial charge in [0.1, 0.15) is 0 Å². The number of halogens is 1. The second-order valence-corrected chi connectivity index (χ2v) is 5.94. The van der Waals surface area contributed by atoms with Crippen LogP contribution in [0.25, 0.3) is 0 Å². The van der Waals surface area contributed by atoms with Crippen molar-refractivity contribution >= 4 is 0 Å². The molecule has 0 nitrogen and oxygen atoms in total. The molecule has 0 saturated carbocycles. The Morgan fingerprint density at radius 1 is 1.05 bits per heavy atom. The third-order valence-electron chi connectivity index (χ3n) is 4.34. The number of allylic oxidation sites excluding steroid dienone is 4. The summed E-state index contributed by atoms with van der Waals surface area (Å²) in [4.78, 5) is 0. The lowest BCUT2D eigenvalue weighted by Gasteiger charge is -2.26. The average Bonchev–Trinajstić information content (AvgIpc) is 2.38. The van der Waals surface area contributed by atoms with Crippen molar-refractivity contribution in [2.45, 2.75) is 73.6 Å². The summed E-state index contributed by atoms with van der Waals surface area (Å²) in [7, 11) is 0. The Morgan fingerprint density at radius 3 is 2.11 bits per heavy atom. The predicted molar refractivity (Wildman–Crippen MR) is 84.9 cm³/mol. The molecule has 0 aromatic heterocycles. The van der Waals surface area contributed by atoms with E-state index in [2.05, 4.69) is 34.6 Å². The minimum atomic E-state index is -0.101. The van der Waals surface area contributed by atoms with Crippen molar-refractivity contribution in [2.75, 3.05) is 0 Å². The minimum absolute atomic E-state index is 0.101. The molecule has 0 bridgehead atoms. The number of hydrogen-bond acceptors (Lipinski definition) is 0. The average molecular weight is 268 g/mol. The van der Waals surface area contributed by atoms with Gasteiger partial charge in [-0.2, -0.15) is 0 Å². The topological polar surface area (TPSA) is 0 Å². The fraction of sp³-hybridized carbons (Fsp3) is 0.778. The van der Waals surface area contributed by atoms with Crippen LogP contribution >= 0.6 is 0 Å². The second-order valence-electron chi connectivity index (χ2n) is 5.94. The fourth-order valence-corrected chi connectivity index (χ4v) is 2.66. The van der Waals surface area contributed by atoms with E-state index in [0.717, 1.165) is 24.7 Å². The van der Waals surface area contributed by atoms with E-state index in [1.165, 1.54) is 31.8 Å². The molecule has 3 atom stereocenters. The van der Waals surface area contributed by atoms with E-state index in [-0.39, 0.29) is 5.83 Å². The first-order valence-corrected chi connectivity index (χ1v) is 7.98. The van der Waals surface area contributed by atoms with Crippen molar-refractivity contribution in [1.29, 1.82) is 0 Å². The Balaban J connectivity index is 4.87. The maximum absolute atomic E-state index is 12.9. The van der Waals surface area contributed by atoms with Gasteiger partial charge in [-0.15, -0.1) is 0 Å². The van der Waals surface area contributed by atoms with Crippen LogP contribution in [0.2, 0.25) is 0 Å². The summed E-state index contributed by atoms with van der Waals surface area (Å²) in [6.07, 6.45) is 9.66. The monoisotopic (exact) mass is 268 g/mol. The summed E-state index contributed by atoms with van der Waals surface area (Å²) in [5, 5.41) is 0. The molecule has 0 aromatic rings. The SMILES string of the molecule is CCCC(C)C(CC)C/C(=C/C=C(\C)F)C(C)CC. The Morgan fingerprint density at radius 2 is 1.68 bits per heavy atom. The smallest absolute Gasteiger partial charge is 0.0968 e. The van der Waals surface area contributed by atoms with Crippen LogP contribution in [0, 0.1) is 17.8 Å². The summed E-state index contributed by atoms with van der Waals surface area (Å²) >= 11 is 0. The molecule has 0 aliphatic heterocycles. The van der Waals surface area contributed by atoms with E-state index >= 15 is 0 Å². The van der Waals surface area contributed by atoms with Crippen LogP contribution in [-0.4, -0.2) is 0 Å². The second kappa shape index (κ2) is 10.2. The van der Waals surface area contributed by atoms with E-state index in [1.54, 1.807) is 6.08 Å². The zero-order valence-corrected chi connectivity index (χ0v) is 13.8. The van der Waals surface area contributed by atoms with Gasteiger partial charge in [0.15, 0.2) is 0 Å². The molecule has 0 aliphatic rings. The van der Waals surface area contributed by atoms with Crippen LogP contribution in [-0.2, 0) is 0 Å². The maximum atomic E-state index is 12.9. The zero-order chi connectivity index (χ0) is 14.8. The molecule has 0 amide bonds. The van der Waals surface area contributed by atoms with Crippen LogP contribution in [0.5, 0.6) is 0 Å². The summed E-state index contributed by atoms with van der Waals surface area (Å²) in [6.45, 7) is 12.9. The minimum Gasteiger partial charge on any atom is -0.212 e. The number of rotatable bonds is 9. The van der Waals surface area contributed by atoms with E-state index in [9.17, 15) is 4.39 Å². The van der Waals surface area contributed by atoms with Crippen LogP contribution in [0.4, 0.5) is 4.39 Å². The predicted octanol–water partition coefficient (Wildman–Crippen LogP) is 6.68. The maximum Gasteiger partial charge on any atom is 0.0968 e. The molecule has 19 heavy (non-hydrogen) atoms. The first kappa shape index (κ1) is 18.4. The normalized spacial score (nSPS) is 18.3. The first-order valence-electron chi connectivity index (χ1n) is 7.98. The van der Waals surface area contributed by atoms with Crippen LogP contribution in [0.3, 0.4) is 0 Å². The molecular formula is C18H33F. The highest BCUT2D eigenvalue weighted by atomic mass is 19.1. The molecule has 0 N–H and O–H groups in total. The highest BCUT2D eigenvalue weighted by molar-refractivity contribution is 5.16. The van der Waals surface area contributed by atoms with Crippen LogP contribution < -0.4 is 0 Å². The van der Waals surface area contributed by atoms with Crippen molar-refractivity contribution in [3.63, 3.8) is 0 Å². The van der Waals surface area contributed by atoms with E-state index in [0.29, 0.717) is 5.92 Å². The summed E-state index contributed by atoms with van der Waals surface area (Å²) in [5.74, 6) is 1.94. The van der Waals surface area contributed by atoms with Crippen LogP contribution in [0.15, 0.2) is 23.6 Å². The van der Waals surface area contributed by atoms with Gasteiger partial charge in [0.2, 0.25) is 0 Å². The molecule has 0 saturated heterocycles. The van der Waals surface area contributed by atoms with Gasteiger partial charge in [-0.3, -0.25) is 0 Å². The highest BCUT2D eigenvalue weighted by Crippen LogP contribution is 2.31. The lowest BCUT2D eigenvalue weighted by atomic mass is 9.80. The van der Waals surface area contributed by atoms with Gasteiger partial charge >= 0.3 is 0 Å². The first-order chi connectivity index (χ1) is 8.96. The third-order valence-corrected chi connectivity index (χ3v) is 4.34. The van der Waals surface area contributed by atoms with Crippen molar-refractivity contribution in [3.05, 3.63) is 23.6 Å². The molecule has 3 unspecified atom stereocenters. The molecule has 0 rings (SSSR count). The van der Waals surface area contributed by atoms with Gasteiger partial charge in [-0.1, -0.05) is 65.5 Å². The van der Waals surface area contributed by atoms with Gasteiger partial charge in [0.25, 0.3) is 0 Å². The Kier molecular flexibility index (Phi) is 9.91. The molecule has 0 radical (unpaired) electrons. The zero-order valence-electron chi connectivity index (χ0n) is 13.8. The van der Waals surface area contributed by atoms with Gasteiger partial charge in [0, 0.05) is 0 Å². The van der Waals surface area contributed by atoms with Crippen molar-refractivity contribution in [2.24, 2.45) is 17.8 Å². The van der Waals surface area contributed by atoms with Crippen molar-refractivity contribution < 1.29 is 4.39 Å². The van der Waals surface area contributed by atoms with Crippen molar-refractivity contribution in [1.82, 2.24) is 0 Å². The Hall–Kier alpha value is -0.590. The molecule has 0 fully saturated rings. The van der Waals surface area contributed by atoms with E-state index in [4.69, 9.17) is 0 Å². The number of hydrogen-bond donors (Lipinski definition) is 0. The molecule has 112 valence electrons. The van der Waals surface area contributed by atoms with Crippen molar-refractivity contribution in [3.8, 4) is 0 Å². The van der Waals surface area contributed by atoms with Gasteiger partial charge in [-0.05, 0) is 43.6 Å². The Labute approximate surface area is 120 Å². The lowest BCUT2D eigenvalue weighted by molar-refractivity contribution is 0.315. The third kappa shape index (κ3) is 7.54. The lowest BCUT2D eigenvalue weighted by Crippen LogP contribution is -2.14. The summed E-state index contributed by atoms with van der Waals surface area (Å²) in [5.41, 5.74) is 1.41. The van der Waals surface area contributed by atoms with Crippen LogP contribution in [0.1, 0.15) is 73.6 Å². The molecule has 0 heterocycles. The quantitative estimate of drug-likeness (QED) is 0.409. The van der Waals surface area contributed by atoms with Gasteiger partial charge in [0.05, 0.1) is 5.83 Å². The fourth-order valence-electron chi connectivity index (χ4n) is 2.66.